The minimum absolute atomic E-state index is 0.184. The molecule has 1 fully saturated rings. The second-order valence-electron chi connectivity index (χ2n) is 5.58. The highest BCUT2D eigenvalue weighted by atomic mass is 16.5. The average molecular weight is 273 g/mol. The van der Waals surface area contributed by atoms with Crippen LogP contribution >= 0.6 is 0 Å². The molecule has 0 radical (unpaired) electrons. The summed E-state index contributed by atoms with van der Waals surface area (Å²) in [7, 11) is 0. The van der Waals surface area contributed by atoms with Crippen LogP contribution in [0, 0.1) is 0 Å². The van der Waals surface area contributed by atoms with Crippen LogP contribution in [0.3, 0.4) is 0 Å². The lowest BCUT2D eigenvalue weighted by atomic mass is 9.93. The van der Waals surface area contributed by atoms with Crippen LogP contribution in [-0.4, -0.2) is 21.9 Å². The molecular formula is C16H23N3O. The Morgan fingerprint density at radius 1 is 1.30 bits per heavy atom. The molecule has 3 rings (SSSR count). The molecule has 0 amide bonds. The van der Waals surface area contributed by atoms with Crippen molar-refractivity contribution in [1.29, 1.82) is 0 Å². The maximum Gasteiger partial charge on any atom is 0.0960 e. The number of aromatic nitrogens is 2. The van der Waals surface area contributed by atoms with Gasteiger partial charge in [0.15, 0.2) is 0 Å². The fourth-order valence-electron chi connectivity index (χ4n) is 3.06. The first-order valence-corrected chi connectivity index (χ1v) is 7.61. The van der Waals surface area contributed by atoms with Crippen molar-refractivity contribution in [2.24, 2.45) is 5.73 Å². The van der Waals surface area contributed by atoms with Gasteiger partial charge >= 0.3 is 0 Å². The van der Waals surface area contributed by atoms with Crippen LogP contribution in [0.1, 0.15) is 38.3 Å². The van der Waals surface area contributed by atoms with E-state index in [0.29, 0.717) is 6.61 Å². The van der Waals surface area contributed by atoms with Gasteiger partial charge in [0.05, 0.1) is 23.9 Å². The molecule has 2 N–H and O–H groups in total. The van der Waals surface area contributed by atoms with Crippen molar-refractivity contribution < 1.29 is 4.74 Å². The van der Waals surface area contributed by atoms with Gasteiger partial charge in [-0.15, -0.1) is 0 Å². The maximum absolute atomic E-state index is 6.14. The number of nitrogens with two attached hydrogens (primary N) is 1. The van der Waals surface area contributed by atoms with Gasteiger partial charge in [0.25, 0.3) is 0 Å². The zero-order valence-corrected chi connectivity index (χ0v) is 12.1. The molecule has 4 heteroatoms. The van der Waals surface area contributed by atoms with E-state index in [9.17, 15) is 0 Å². The highest BCUT2D eigenvalue weighted by Gasteiger charge is 2.23. The highest BCUT2D eigenvalue weighted by molar-refractivity contribution is 5.81. The van der Waals surface area contributed by atoms with Gasteiger partial charge in [-0.2, -0.15) is 5.10 Å². The lowest BCUT2D eigenvalue weighted by Crippen LogP contribution is -2.39. The third-order valence-electron chi connectivity index (χ3n) is 4.22. The molecule has 2 aromatic rings. The second kappa shape index (κ2) is 5.94. The van der Waals surface area contributed by atoms with Crippen molar-refractivity contribution in [2.75, 3.05) is 0 Å². The average Bonchev–Trinajstić information content (AvgIpc) is 2.85. The summed E-state index contributed by atoms with van der Waals surface area (Å²) in [4.78, 5) is 0. The summed E-state index contributed by atoms with van der Waals surface area (Å²) >= 11 is 0. The van der Waals surface area contributed by atoms with Crippen LogP contribution in [0.2, 0.25) is 0 Å². The summed E-state index contributed by atoms with van der Waals surface area (Å²) in [5.74, 6) is 0. The molecule has 1 aromatic heterocycles. The Morgan fingerprint density at radius 3 is 2.90 bits per heavy atom. The first kappa shape index (κ1) is 13.6. The number of nitrogens with zero attached hydrogens (tertiary/aromatic N) is 2. The van der Waals surface area contributed by atoms with Crippen molar-refractivity contribution >= 4 is 10.9 Å². The van der Waals surface area contributed by atoms with Gasteiger partial charge in [-0.3, -0.25) is 4.68 Å². The summed E-state index contributed by atoms with van der Waals surface area (Å²) < 4.78 is 8.08. The third-order valence-corrected chi connectivity index (χ3v) is 4.22. The highest BCUT2D eigenvalue weighted by Crippen LogP contribution is 2.23. The lowest BCUT2D eigenvalue weighted by molar-refractivity contribution is 0.00284. The summed E-state index contributed by atoms with van der Waals surface area (Å²) in [6, 6.07) is 8.52. The topological polar surface area (TPSA) is 53.1 Å². The number of benzene rings is 1. The fraction of sp³-hybridized carbons (Fsp3) is 0.562. The second-order valence-corrected chi connectivity index (χ2v) is 5.58. The zero-order chi connectivity index (χ0) is 13.9. The normalized spacial score (nSPS) is 23.3. The third kappa shape index (κ3) is 2.58. The first-order valence-electron chi connectivity index (χ1n) is 7.61. The monoisotopic (exact) mass is 273 g/mol. The Morgan fingerprint density at radius 2 is 2.10 bits per heavy atom. The van der Waals surface area contributed by atoms with E-state index >= 15 is 0 Å². The van der Waals surface area contributed by atoms with Gasteiger partial charge in [-0.25, -0.2) is 0 Å². The molecule has 2 unspecified atom stereocenters. The number of hydrogen-bond acceptors (Lipinski definition) is 3. The van der Waals surface area contributed by atoms with Crippen LogP contribution in [0.5, 0.6) is 0 Å². The summed E-state index contributed by atoms with van der Waals surface area (Å²) in [6.07, 6.45) is 4.80. The SMILES string of the molecule is CCn1nc(COC2CCCCC2N)c2ccccc21. The Kier molecular flexibility index (Phi) is 4.03. The van der Waals surface area contributed by atoms with E-state index in [-0.39, 0.29) is 12.1 Å². The molecule has 2 atom stereocenters. The van der Waals surface area contributed by atoms with E-state index in [1.54, 1.807) is 0 Å². The molecule has 1 heterocycles. The molecule has 1 aliphatic rings. The van der Waals surface area contributed by atoms with Crippen LogP contribution in [0.4, 0.5) is 0 Å². The van der Waals surface area contributed by atoms with Gasteiger partial charge in [0.2, 0.25) is 0 Å². The smallest absolute Gasteiger partial charge is 0.0960 e. The van der Waals surface area contributed by atoms with Gasteiger partial charge < -0.3 is 10.5 Å². The molecule has 20 heavy (non-hydrogen) atoms. The summed E-state index contributed by atoms with van der Waals surface area (Å²) in [6.45, 7) is 3.55. The molecule has 0 bridgehead atoms. The number of hydrogen-bond donors (Lipinski definition) is 1. The van der Waals surface area contributed by atoms with E-state index in [1.807, 2.05) is 4.68 Å². The maximum atomic E-state index is 6.14. The van der Waals surface area contributed by atoms with Gasteiger partial charge in [0, 0.05) is 18.0 Å². The van der Waals surface area contributed by atoms with Crippen molar-refractivity contribution in [1.82, 2.24) is 9.78 Å². The minimum Gasteiger partial charge on any atom is -0.370 e. The molecular weight excluding hydrogens is 250 g/mol. The summed E-state index contributed by atoms with van der Waals surface area (Å²) in [5.41, 5.74) is 8.35. The van der Waals surface area contributed by atoms with E-state index in [4.69, 9.17) is 10.5 Å². The Hall–Kier alpha value is -1.39. The molecule has 0 saturated heterocycles. The van der Waals surface area contributed by atoms with Gasteiger partial charge in [-0.05, 0) is 25.8 Å². The zero-order valence-electron chi connectivity index (χ0n) is 12.1. The van der Waals surface area contributed by atoms with Crippen LogP contribution in [0.25, 0.3) is 10.9 Å². The van der Waals surface area contributed by atoms with Crippen molar-refractivity contribution in [3.63, 3.8) is 0 Å². The fourth-order valence-corrected chi connectivity index (χ4v) is 3.06. The minimum atomic E-state index is 0.184. The lowest BCUT2D eigenvalue weighted by Gasteiger charge is -2.28. The molecule has 0 aliphatic heterocycles. The van der Waals surface area contributed by atoms with Crippen LogP contribution in [0.15, 0.2) is 24.3 Å². The predicted molar refractivity (Wildman–Crippen MR) is 80.4 cm³/mol. The molecule has 4 nitrogen and oxygen atoms in total. The number of ether oxygens (including phenoxy) is 1. The van der Waals surface area contributed by atoms with Crippen molar-refractivity contribution in [2.45, 2.75) is 57.9 Å². The quantitative estimate of drug-likeness (QED) is 0.932. The molecule has 1 saturated carbocycles. The van der Waals surface area contributed by atoms with E-state index < -0.39 is 0 Å². The number of aryl methyl sites for hydroxylation is 1. The summed E-state index contributed by atoms with van der Waals surface area (Å²) in [5, 5.41) is 5.86. The molecule has 108 valence electrons. The molecule has 1 aliphatic carbocycles. The van der Waals surface area contributed by atoms with Crippen molar-refractivity contribution in [3.05, 3.63) is 30.0 Å². The molecule has 1 aromatic carbocycles. The van der Waals surface area contributed by atoms with Crippen molar-refractivity contribution in [3.8, 4) is 0 Å². The van der Waals surface area contributed by atoms with Gasteiger partial charge in [0.1, 0.15) is 0 Å². The van der Waals surface area contributed by atoms with E-state index in [1.165, 1.54) is 23.7 Å². The first-order chi connectivity index (χ1) is 9.79. The van der Waals surface area contributed by atoms with Crippen LogP contribution in [-0.2, 0) is 17.9 Å². The number of fused-ring (bicyclic) bond motifs is 1. The van der Waals surface area contributed by atoms with E-state index in [2.05, 4.69) is 36.3 Å². The standard InChI is InChI=1S/C16H23N3O/c1-2-19-15-9-5-3-7-12(15)14(18-19)11-20-16-10-6-4-8-13(16)17/h3,5,7,9,13,16H,2,4,6,8,10-11,17H2,1H3. The Labute approximate surface area is 119 Å². The van der Waals surface area contributed by atoms with Crippen LogP contribution < -0.4 is 5.73 Å². The Balaban J connectivity index is 1.77. The number of para-hydroxylation sites is 1. The largest absolute Gasteiger partial charge is 0.370 e. The van der Waals surface area contributed by atoms with Gasteiger partial charge in [-0.1, -0.05) is 31.0 Å². The molecule has 0 spiro atoms. The number of rotatable bonds is 4. The Bertz CT molecular complexity index is 578. The predicted octanol–water partition coefficient (Wildman–Crippen LogP) is 2.84. The van der Waals surface area contributed by atoms with E-state index in [0.717, 1.165) is 25.1 Å².